The Morgan fingerprint density at radius 3 is 2.88 bits per heavy atom. The third kappa shape index (κ3) is 1.93. The monoisotopic (exact) mass is 236 g/mol. The van der Waals surface area contributed by atoms with E-state index in [1.165, 1.54) is 18.5 Å². The van der Waals surface area contributed by atoms with Gasteiger partial charge in [-0.1, -0.05) is 0 Å². The van der Waals surface area contributed by atoms with Gasteiger partial charge in [0.2, 0.25) is 0 Å². The minimum Gasteiger partial charge on any atom is -0.382 e. The fourth-order valence-corrected chi connectivity index (χ4v) is 2.83. The lowest BCUT2D eigenvalue weighted by molar-refractivity contribution is 0.107. The highest BCUT2D eigenvalue weighted by Crippen LogP contribution is 2.29. The first-order chi connectivity index (χ1) is 8.25. The maximum atomic E-state index is 5.97. The lowest BCUT2D eigenvalue weighted by Crippen LogP contribution is -2.32. The number of aromatic nitrogens is 2. The summed E-state index contributed by atoms with van der Waals surface area (Å²) in [5.41, 5.74) is 8.40. The summed E-state index contributed by atoms with van der Waals surface area (Å²) in [5, 5.41) is 4.54. The number of fused-ring (bicyclic) bond motifs is 1. The number of hydrogen-bond donors (Lipinski definition) is 1. The van der Waals surface area contributed by atoms with Crippen LogP contribution in [0.1, 0.15) is 30.1 Å². The Hall–Kier alpha value is -1.07. The molecule has 1 aromatic heterocycles. The summed E-state index contributed by atoms with van der Waals surface area (Å²) < 4.78 is 7.63. The highest BCUT2D eigenvalue weighted by molar-refractivity contribution is 5.43. The first kappa shape index (κ1) is 11.0. The zero-order valence-electron chi connectivity index (χ0n) is 10.4. The van der Waals surface area contributed by atoms with Crippen molar-refractivity contribution in [3.63, 3.8) is 0 Å². The van der Waals surface area contributed by atoms with Gasteiger partial charge in [-0.15, -0.1) is 0 Å². The van der Waals surface area contributed by atoms with E-state index in [0.29, 0.717) is 18.5 Å². The molecule has 1 saturated heterocycles. The van der Waals surface area contributed by atoms with E-state index < -0.39 is 0 Å². The van der Waals surface area contributed by atoms with Crippen molar-refractivity contribution in [3.8, 4) is 0 Å². The van der Waals surface area contributed by atoms with Crippen molar-refractivity contribution in [2.75, 3.05) is 32.5 Å². The van der Waals surface area contributed by atoms with Crippen LogP contribution in [0.3, 0.4) is 0 Å². The fourth-order valence-electron chi connectivity index (χ4n) is 2.83. The Kier molecular flexibility index (Phi) is 2.80. The third-order valence-electron chi connectivity index (χ3n) is 3.91. The van der Waals surface area contributed by atoms with E-state index in [-0.39, 0.29) is 0 Å². The maximum absolute atomic E-state index is 5.97. The quantitative estimate of drug-likeness (QED) is 0.784. The highest BCUT2D eigenvalue weighted by atomic mass is 16.5. The second-order valence-electron chi connectivity index (χ2n) is 5.09. The Morgan fingerprint density at radius 2 is 2.12 bits per heavy atom. The van der Waals surface area contributed by atoms with Gasteiger partial charge in [0.25, 0.3) is 0 Å². The Balaban J connectivity index is 1.87. The molecule has 5 nitrogen and oxygen atoms in total. The molecule has 94 valence electrons. The molecule has 0 atom stereocenters. The van der Waals surface area contributed by atoms with Crippen LogP contribution in [0.2, 0.25) is 0 Å². The van der Waals surface area contributed by atoms with Gasteiger partial charge in [-0.25, -0.2) is 0 Å². The highest BCUT2D eigenvalue weighted by Gasteiger charge is 2.26. The smallest absolute Gasteiger partial charge is 0.151 e. The fraction of sp³-hybridized carbons (Fsp3) is 0.750. The molecule has 3 rings (SSSR count). The standard InChI is InChI=1S/C12H20N4O/c1-15-5-2-9(3-6-15)16-11-4-7-17-8-10(11)12(13)14-16/h9H,2-8H2,1H3,(H2,13,14). The van der Waals surface area contributed by atoms with E-state index in [1.54, 1.807) is 0 Å². The first-order valence-corrected chi connectivity index (χ1v) is 6.37. The molecule has 0 amide bonds. The zero-order chi connectivity index (χ0) is 11.8. The van der Waals surface area contributed by atoms with Crippen molar-refractivity contribution in [2.45, 2.75) is 31.9 Å². The molecule has 2 aliphatic rings. The number of likely N-dealkylation sites (tertiary alicyclic amines) is 1. The first-order valence-electron chi connectivity index (χ1n) is 6.37. The van der Waals surface area contributed by atoms with Gasteiger partial charge in [-0.3, -0.25) is 4.68 Å². The number of hydrogen-bond acceptors (Lipinski definition) is 4. The van der Waals surface area contributed by atoms with Crippen molar-refractivity contribution in [1.29, 1.82) is 0 Å². The molecule has 2 aliphatic heterocycles. The molecule has 0 spiro atoms. The second kappa shape index (κ2) is 4.31. The summed E-state index contributed by atoms with van der Waals surface area (Å²) in [6.07, 6.45) is 3.29. The summed E-state index contributed by atoms with van der Waals surface area (Å²) in [5.74, 6) is 0.665. The van der Waals surface area contributed by atoms with Crippen molar-refractivity contribution in [1.82, 2.24) is 14.7 Å². The number of rotatable bonds is 1. The topological polar surface area (TPSA) is 56.3 Å². The molecule has 0 radical (unpaired) electrons. The summed E-state index contributed by atoms with van der Waals surface area (Å²) in [6.45, 7) is 3.73. The molecule has 2 N–H and O–H groups in total. The van der Waals surface area contributed by atoms with Crippen LogP contribution < -0.4 is 5.73 Å². The minimum absolute atomic E-state index is 0.523. The van der Waals surface area contributed by atoms with Crippen LogP contribution in [0.5, 0.6) is 0 Å². The predicted molar refractivity (Wildman–Crippen MR) is 65.8 cm³/mol. The molecule has 0 saturated carbocycles. The summed E-state index contributed by atoms with van der Waals surface area (Å²) in [4.78, 5) is 2.37. The zero-order valence-corrected chi connectivity index (χ0v) is 10.4. The minimum atomic E-state index is 0.523. The number of nitrogen functional groups attached to an aromatic ring is 1. The number of anilines is 1. The SMILES string of the molecule is CN1CCC(n2nc(N)c3c2CCOC3)CC1. The van der Waals surface area contributed by atoms with Gasteiger partial charge >= 0.3 is 0 Å². The molecule has 0 aromatic carbocycles. The van der Waals surface area contributed by atoms with E-state index in [2.05, 4.69) is 21.7 Å². The van der Waals surface area contributed by atoms with Crippen LogP contribution in [0.15, 0.2) is 0 Å². The number of ether oxygens (including phenoxy) is 1. The molecule has 0 aliphatic carbocycles. The van der Waals surface area contributed by atoms with Gasteiger partial charge in [-0.2, -0.15) is 5.10 Å². The van der Waals surface area contributed by atoms with Gasteiger partial charge < -0.3 is 15.4 Å². The Labute approximate surface area is 102 Å². The number of piperidine rings is 1. The number of nitrogens with two attached hydrogens (primary N) is 1. The molecule has 5 heteroatoms. The maximum Gasteiger partial charge on any atom is 0.151 e. The summed E-state index contributed by atoms with van der Waals surface area (Å²) in [7, 11) is 2.18. The second-order valence-corrected chi connectivity index (χ2v) is 5.09. The van der Waals surface area contributed by atoms with E-state index in [9.17, 15) is 0 Å². The molecule has 0 bridgehead atoms. The van der Waals surface area contributed by atoms with Crippen molar-refractivity contribution in [2.24, 2.45) is 0 Å². The Bertz CT molecular complexity index is 407. The average molecular weight is 236 g/mol. The van der Waals surface area contributed by atoms with Crippen LogP contribution in [-0.2, 0) is 17.8 Å². The summed E-state index contributed by atoms with van der Waals surface area (Å²) in [6, 6.07) is 0.523. The molecular formula is C12H20N4O. The molecule has 1 aromatic rings. The van der Waals surface area contributed by atoms with Gasteiger partial charge in [0.05, 0.1) is 19.3 Å². The van der Waals surface area contributed by atoms with E-state index in [0.717, 1.165) is 31.7 Å². The molecule has 3 heterocycles. The average Bonchev–Trinajstić information content (AvgIpc) is 2.69. The van der Waals surface area contributed by atoms with Gasteiger partial charge in [0, 0.05) is 17.7 Å². The van der Waals surface area contributed by atoms with Crippen molar-refractivity contribution in [3.05, 3.63) is 11.3 Å². The third-order valence-corrected chi connectivity index (χ3v) is 3.91. The summed E-state index contributed by atoms with van der Waals surface area (Å²) >= 11 is 0. The van der Waals surface area contributed by atoms with E-state index in [4.69, 9.17) is 10.5 Å². The van der Waals surface area contributed by atoms with Gasteiger partial charge in [-0.05, 0) is 33.0 Å². The van der Waals surface area contributed by atoms with Crippen molar-refractivity contribution >= 4 is 5.82 Å². The Morgan fingerprint density at radius 1 is 1.35 bits per heavy atom. The van der Waals surface area contributed by atoms with Crippen LogP contribution in [-0.4, -0.2) is 41.4 Å². The lowest BCUT2D eigenvalue weighted by atomic mass is 10.0. The van der Waals surface area contributed by atoms with Gasteiger partial charge in [0.15, 0.2) is 5.82 Å². The molecule has 1 fully saturated rings. The van der Waals surface area contributed by atoms with Crippen LogP contribution >= 0.6 is 0 Å². The van der Waals surface area contributed by atoms with E-state index >= 15 is 0 Å². The molecule has 0 unspecified atom stereocenters. The van der Waals surface area contributed by atoms with E-state index in [1.807, 2.05) is 0 Å². The van der Waals surface area contributed by atoms with Crippen LogP contribution in [0, 0.1) is 0 Å². The largest absolute Gasteiger partial charge is 0.382 e. The predicted octanol–water partition coefficient (Wildman–Crippen LogP) is 0.805. The van der Waals surface area contributed by atoms with Crippen LogP contribution in [0.4, 0.5) is 5.82 Å². The van der Waals surface area contributed by atoms with Crippen LogP contribution in [0.25, 0.3) is 0 Å². The molecule has 17 heavy (non-hydrogen) atoms. The van der Waals surface area contributed by atoms with Gasteiger partial charge in [0.1, 0.15) is 0 Å². The molecular weight excluding hydrogens is 216 g/mol. The normalized spacial score (nSPS) is 22.6. The number of nitrogens with zero attached hydrogens (tertiary/aromatic N) is 3. The van der Waals surface area contributed by atoms with Crippen molar-refractivity contribution < 1.29 is 4.74 Å². The lowest BCUT2D eigenvalue weighted by Gasteiger charge is -2.30.